The van der Waals surface area contributed by atoms with Crippen LogP contribution in [0.3, 0.4) is 0 Å². The summed E-state index contributed by atoms with van der Waals surface area (Å²) in [5.74, 6) is -0.342. The number of carbonyl (C=O) groups is 2. The monoisotopic (exact) mass is 378 g/mol. The van der Waals surface area contributed by atoms with Crippen LogP contribution in [0.25, 0.3) is 0 Å². The van der Waals surface area contributed by atoms with E-state index < -0.39 is 6.04 Å². The van der Waals surface area contributed by atoms with Crippen LogP contribution in [0, 0.1) is 0 Å². The first-order chi connectivity index (χ1) is 13.1. The van der Waals surface area contributed by atoms with Gasteiger partial charge in [0.25, 0.3) is 5.91 Å². The topological polar surface area (TPSA) is 49.4 Å². The number of nitrogens with zero attached hydrogens (tertiary/aromatic N) is 1. The summed E-state index contributed by atoms with van der Waals surface area (Å²) >= 11 is 1.61. The minimum atomic E-state index is -0.620. The second-order valence-electron chi connectivity index (χ2n) is 6.36. The van der Waals surface area contributed by atoms with Crippen LogP contribution in [0.15, 0.2) is 78.2 Å². The first-order valence-corrected chi connectivity index (χ1v) is 9.68. The van der Waals surface area contributed by atoms with Gasteiger partial charge in [0.1, 0.15) is 6.04 Å². The largest absolute Gasteiger partial charge is 0.340 e. The second-order valence-corrected chi connectivity index (χ2v) is 7.39. The zero-order chi connectivity index (χ0) is 19.1. The van der Waals surface area contributed by atoms with Gasteiger partial charge in [-0.2, -0.15) is 0 Å². The van der Waals surface area contributed by atoms with E-state index in [9.17, 15) is 9.59 Å². The quantitative estimate of drug-likeness (QED) is 0.681. The maximum atomic E-state index is 13.1. The lowest BCUT2D eigenvalue weighted by atomic mass is 10.0. The fourth-order valence-corrected chi connectivity index (χ4v) is 3.62. The van der Waals surface area contributed by atoms with Crippen molar-refractivity contribution in [1.29, 1.82) is 0 Å². The van der Waals surface area contributed by atoms with E-state index in [-0.39, 0.29) is 11.8 Å². The van der Waals surface area contributed by atoms with Crippen molar-refractivity contribution < 1.29 is 9.59 Å². The van der Waals surface area contributed by atoms with Crippen molar-refractivity contribution in [2.75, 3.05) is 7.05 Å². The van der Waals surface area contributed by atoms with Crippen molar-refractivity contribution in [2.24, 2.45) is 0 Å². The van der Waals surface area contributed by atoms with Gasteiger partial charge in [0.05, 0.1) is 6.54 Å². The van der Waals surface area contributed by atoms with Crippen molar-refractivity contribution in [2.45, 2.75) is 19.0 Å². The number of hydrogen-bond acceptors (Lipinski definition) is 3. The smallest absolute Gasteiger partial charge is 0.251 e. The zero-order valence-electron chi connectivity index (χ0n) is 15.2. The number of thiophene rings is 1. The van der Waals surface area contributed by atoms with E-state index in [2.05, 4.69) is 5.32 Å². The van der Waals surface area contributed by atoms with E-state index in [1.54, 1.807) is 35.4 Å². The lowest BCUT2D eigenvalue weighted by Gasteiger charge is -2.24. The van der Waals surface area contributed by atoms with Gasteiger partial charge in [-0.05, 0) is 29.1 Å². The lowest BCUT2D eigenvalue weighted by molar-refractivity contribution is -0.132. The molecule has 0 saturated heterocycles. The molecule has 138 valence electrons. The Hall–Kier alpha value is -2.92. The zero-order valence-corrected chi connectivity index (χ0v) is 16.0. The van der Waals surface area contributed by atoms with Gasteiger partial charge in [0, 0.05) is 23.9 Å². The Kier molecular flexibility index (Phi) is 6.39. The molecule has 0 spiro atoms. The van der Waals surface area contributed by atoms with Crippen LogP contribution in [-0.2, 0) is 17.8 Å². The molecule has 0 aliphatic heterocycles. The molecular formula is C22H22N2O2S. The molecule has 0 bridgehead atoms. The number of rotatable bonds is 7. The molecule has 1 heterocycles. The second kappa shape index (κ2) is 9.14. The Morgan fingerprint density at radius 2 is 1.63 bits per heavy atom. The SMILES string of the molecule is CN(Cc1cccs1)C(=O)[C@@H](Cc1ccccc1)NC(=O)c1ccccc1. The van der Waals surface area contributed by atoms with Gasteiger partial charge in [0.2, 0.25) is 5.91 Å². The maximum Gasteiger partial charge on any atom is 0.251 e. The van der Waals surface area contributed by atoms with Gasteiger partial charge in [-0.1, -0.05) is 54.6 Å². The molecule has 1 atom stereocenters. The molecule has 1 aromatic heterocycles. The first kappa shape index (κ1) is 18.9. The van der Waals surface area contributed by atoms with Crippen LogP contribution in [0.5, 0.6) is 0 Å². The van der Waals surface area contributed by atoms with Gasteiger partial charge in [-0.15, -0.1) is 11.3 Å². The van der Waals surface area contributed by atoms with Crippen molar-refractivity contribution in [3.8, 4) is 0 Å². The molecule has 2 amide bonds. The average Bonchev–Trinajstić information content (AvgIpc) is 3.21. The van der Waals surface area contributed by atoms with Crippen LogP contribution in [0.1, 0.15) is 20.8 Å². The molecule has 0 saturated carbocycles. The molecule has 0 fully saturated rings. The Morgan fingerprint density at radius 1 is 0.963 bits per heavy atom. The number of amides is 2. The Labute approximate surface area is 163 Å². The summed E-state index contributed by atoms with van der Waals surface area (Å²) in [5.41, 5.74) is 1.55. The molecule has 1 N–H and O–H groups in total. The molecule has 0 unspecified atom stereocenters. The molecule has 0 aliphatic carbocycles. The van der Waals surface area contributed by atoms with Gasteiger partial charge in [-0.3, -0.25) is 9.59 Å². The molecule has 3 rings (SSSR count). The van der Waals surface area contributed by atoms with Crippen LogP contribution in [0.2, 0.25) is 0 Å². The highest BCUT2D eigenvalue weighted by molar-refractivity contribution is 7.09. The normalized spacial score (nSPS) is 11.6. The predicted octanol–water partition coefficient (Wildman–Crippen LogP) is 3.75. The summed E-state index contributed by atoms with van der Waals surface area (Å²) in [6, 6.07) is 22.1. The Morgan fingerprint density at radius 3 is 2.26 bits per heavy atom. The van der Waals surface area contributed by atoms with E-state index in [1.165, 1.54) is 0 Å². The highest BCUT2D eigenvalue weighted by Crippen LogP contribution is 2.13. The van der Waals surface area contributed by atoms with Crippen LogP contribution in [0.4, 0.5) is 0 Å². The fraction of sp³-hybridized carbons (Fsp3) is 0.182. The number of hydrogen-bond donors (Lipinski definition) is 1. The number of likely N-dealkylation sites (N-methyl/N-ethyl adjacent to an activating group) is 1. The Bertz CT molecular complexity index is 864. The molecule has 0 aliphatic rings. The van der Waals surface area contributed by atoms with Crippen LogP contribution >= 0.6 is 11.3 Å². The molecule has 27 heavy (non-hydrogen) atoms. The summed E-state index contributed by atoms with van der Waals surface area (Å²) in [7, 11) is 1.77. The summed E-state index contributed by atoms with van der Waals surface area (Å²) in [6.45, 7) is 0.531. The van der Waals surface area contributed by atoms with Gasteiger partial charge in [-0.25, -0.2) is 0 Å². The minimum absolute atomic E-state index is 0.100. The van der Waals surface area contributed by atoms with Gasteiger partial charge < -0.3 is 10.2 Å². The highest BCUT2D eigenvalue weighted by Gasteiger charge is 2.25. The molecule has 4 nitrogen and oxygen atoms in total. The summed E-state index contributed by atoms with van der Waals surface area (Å²) in [6.07, 6.45) is 0.451. The molecule has 5 heteroatoms. The lowest BCUT2D eigenvalue weighted by Crippen LogP contribution is -2.48. The number of nitrogens with one attached hydrogen (secondary N) is 1. The van der Waals surface area contributed by atoms with Crippen molar-refractivity contribution >= 4 is 23.2 Å². The first-order valence-electron chi connectivity index (χ1n) is 8.80. The van der Waals surface area contributed by atoms with Gasteiger partial charge in [0.15, 0.2) is 0 Å². The molecular weight excluding hydrogens is 356 g/mol. The van der Waals surface area contributed by atoms with E-state index >= 15 is 0 Å². The third kappa shape index (κ3) is 5.28. The third-order valence-corrected chi connectivity index (χ3v) is 5.13. The van der Waals surface area contributed by atoms with E-state index in [4.69, 9.17) is 0 Å². The summed E-state index contributed by atoms with van der Waals surface area (Å²) < 4.78 is 0. The Balaban J connectivity index is 1.76. The summed E-state index contributed by atoms with van der Waals surface area (Å²) in [4.78, 5) is 28.4. The fourth-order valence-electron chi connectivity index (χ4n) is 2.86. The van der Waals surface area contributed by atoms with Crippen molar-refractivity contribution in [1.82, 2.24) is 10.2 Å². The number of carbonyl (C=O) groups excluding carboxylic acids is 2. The minimum Gasteiger partial charge on any atom is -0.340 e. The number of benzene rings is 2. The van der Waals surface area contributed by atoms with E-state index in [1.807, 2.05) is 66.0 Å². The maximum absolute atomic E-state index is 13.1. The van der Waals surface area contributed by atoms with Crippen LogP contribution in [-0.4, -0.2) is 29.8 Å². The highest BCUT2D eigenvalue weighted by atomic mass is 32.1. The molecule has 2 aromatic carbocycles. The standard InChI is InChI=1S/C22H22N2O2S/c1-24(16-19-13-8-14-27-19)22(26)20(15-17-9-4-2-5-10-17)23-21(25)18-11-6-3-7-12-18/h2-14,20H,15-16H2,1H3,(H,23,25)/t20-/m1/s1. The van der Waals surface area contributed by atoms with Gasteiger partial charge >= 0.3 is 0 Å². The molecule has 0 radical (unpaired) electrons. The van der Waals surface area contributed by atoms with E-state index in [0.29, 0.717) is 18.5 Å². The predicted molar refractivity (Wildman–Crippen MR) is 109 cm³/mol. The van der Waals surface area contributed by atoms with Crippen LogP contribution < -0.4 is 5.32 Å². The average molecular weight is 378 g/mol. The third-order valence-electron chi connectivity index (χ3n) is 4.27. The molecule has 3 aromatic rings. The van der Waals surface area contributed by atoms with Crippen molar-refractivity contribution in [3.05, 3.63) is 94.2 Å². The van der Waals surface area contributed by atoms with Crippen molar-refractivity contribution in [3.63, 3.8) is 0 Å². The van der Waals surface area contributed by atoms with E-state index in [0.717, 1.165) is 10.4 Å². The summed E-state index contributed by atoms with van der Waals surface area (Å²) in [5, 5.41) is 4.91.